The van der Waals surface area contributed by atoms with E-state index in [0.717, 1.165) is 18.2 Å². The van der Waals surface area contributed by atoms with Crippen LogP contribution in [0.25, 0.3) is 0 Å². The topological polar surface area (TPSA) is 126 Å². The smallest absolute Gasteiger partial charge is 0.416 e. The monoisotopic (exact) mass is 399 g/mol. The molecule has 0 aliphatic carbocycles. The minimum absolute atomic E-state index is 0.0129. The van der Waals surface area contributed by atoms with E-state index in [-0.39, 0.29) is 18.0 Å². The highest BCUT2D eigenvalue weighted by Gasteiger charge is 2.30. The standard InChI is InChI=1S/C9H12N4O2.C8H8F3NO/c10-12-7-13(11)8-2-1-3-9(6-8)15-5-4-14;1-12-6-4-5(8(9,10)11)2-3-7(6)13/h1-4,6-7H,5,10-11H2;2-4,12-13H,1H3/b12-7-;. The summed E-state index contributed by atoms with van der Waals surface area (Å²) in [6.45, 7) is 0.0129. The van der Waals surface area contributed by atoms with Crippen LogP contribution in [0.1, 0.15) is 5.56 Å². The Hall–Kier alpha value is -3.47. The highest BCUT2D eigenvalue weighted by atomic mass is 19.4. The van der Waals surface area contributed by atoms with E-state index in [1.807, 2.05) is 0 Å². The molecule has 0 saturated heterocycles. The Morgan fingerprint density at radius 3 is 2.57 bits per heavy atom. The minimum Gasteiger partial charge on any atom is -0.506 e. The van der Waals surface area contributed by atoms with Gasteiger partial charge in [-0.3, -0.25) is 9.80 Å². The predicted octanol–water partition coefficient (Wildman–Crippen LogP) is 2.30. The summed E-state index contributed by atoms with van der Waals surface area (Å²) in [5.41, 5.74) is -0.0583. The molecule has 0 radical (unpaired) electrons. The molecule has 2 rings (SSSR count). The second-order valence-electron chi connectivity index (χ2n) is 5.13. The van der Waals surface area contributed by atoms with Gasteiger partial charge in [0, 0.05) is 13.1 Å². The minimum atomic E-state index is -4.38. The van der Waals surface area contributed by atoms with Gasteiger partial charge in [-0.05, 0) is 30.3 Å². The molecule has 0 heterocycles. The maximum atomic E-state index is 12.1. The van der Waals surface area contributed by atoms with Crippen molar-refractivity contribution in [3.8, 4) is 11.5 Å². The number of hydrazone groups is 1. The number of aldehydes is 1. The molecule has 6 N–H and O–H groups in total. The first-order valence-corrected chi connectivity index (χ1v) is 7.74. The molecule has 0 fully saturated rings. The Bertz CT molecular complexity index is 800. The fraction of sp³-hybridized carbons (Fsp3) is 0.176. The number of rotatable bonds is 6. The Balaban J connectivity index is 0.000000283. The number of aromatic hydroxyl groups is 1. The van der Waals surface area contributed by atoms with Crippen molar-refractivity contribution in [3.63, 3.8) is 0 Å². The van der Waals surface area contributed by atoms with Crippen LogP contribution in [0.5, 0.6) is 11.5 Å². The van der Waals surface area contributed by atoms with E-state index in [0.29, 0.717) is 17.7 Å². The van der Waals surface area contributed by atoms with Crippen LogP contribution < -0.4 is 26.7 Å². The van der Waals surface area contributed by atoms with Gasteiger partial charge in [0.25, 0.3) is 0 Å². The molecule has 2 aromatic rings. The van der Waals surface area contributed by atoms with Gasteiger partial charge < -0.3 is 21.0 Å². The number of nitrogens with two attached hydrogens (primary N) is 2. The molecule has 8 nitrogen and oxygen atoms in total. The van der Waals surface area contributed by atoms with Crippen molar-refractivity contribution in [2.75, 3.05) is 24.0 Å². The lowest BCUT2D eigenvalue weighted by Gasteiger charge is -2.12. The van der Waals surface area contributed by atoms with Gasteiger partial charge in [-0.15, -0.1) is 0 Å². The number of ether oxygens (including phenoxy) is 1. The Kier molecular flexibility index (Phi) is 8.56. The number of hydrazine groups is 1. The van der Waals surface area contributed by atoms with Crippen molar-refractivity contribution in [2.45, 2.75) is 6.18 Å². The maximum Gasteiger partial charge on any atom is 0.416 e. The van der Waals surface area contributed by atoms with E-state index in [1.54, 1.807) is 24.3 Å². The predicted molar refractivity (Wildman–Crippen MR) is 100 cm³/mol. The Morgan fingerprint density at radius 2 is 2.00 bits per heavy atom. The molecule has 0 bridgehead atoms. The molecular weight excluding hydrogens is 379 g/mol. The number of anilines is 2. The van der Waals surface area contributed by atoms with Crippen molar-refractivity contribution in [3.05, 3.63) is 48.0 Å². The zero-order chi connectivity index (χ0) is 21.2. The molecule has 0 unspecified atom stereocenters. The number of alkyl halides is 3. The van der Waals surface area contributed by atoms with Gasteiger partial charge in [0.1, 0.15) is 24.4 Å². The van der Waals surface area contributed by atoms with Gasteiger partial charge in [0.2, 0.25) is 0 Å². The fourth-order valence-corrected chi connectivity index (χ4v) is 1.92. The molecule has 11 heteroatoms. The zero-order valence-electron chi connectivity index (χ0n) is 14.8. The van der Waals surface area contributed by atoms with Crippen molar-refractivity contribution >= 4 is 24.0 Å². The lowest BCUT2D eigenvalue weighted by Crippen LogP contribution is -2.29. The number of nitrogens with zero attached hydrogens (tertiary/aromatic N) is 2. The first-order valence-electron chi connectivity index (χ1n) is 7.74. The molecule has 0 aliphatic heterocycles. The van der Waals surface area contributed by atoms with Crippen LogP contribution >= 0.6 is 0 Å². The normalized spacial score (nSPS) is 10.8. The number of carbonyl (C=O) groups is 1. The van der Waals surface area contributed by atoms with E-state index in [2.05, 4.69) is 10.4 Å². The van der Waals surface area contributed by atoms with E-state index >= 15 is 0 Å². The summed E-state index contributed by atoms with van der Waals surface area (Å²) >= 11 is 0. The van der Waals surface area contributed by atoms with E-state index < -0.39 is 11.7 Å². The van der Waals surface area contributed by atoms with Crippen LogP contribution in [0.2, 0.25) is 0 Å². The second kappa shape index (κ2) is 10.6. The van der Waals surface area contributed by atoms with Crippen LogP contribution in [0.15, 0.2) is 47.6 Å². The SMILES string of the molecule is CNc1cc(C(F)(F)F)ccc1O.N/N=C\N(N)c1cccc(OCC=O)c1. The first kappa shape index (κ1) is 22.6. The van der Waals surface area contributed by atoms with E-state index in [4.69, 9.17) is 21.5 Å². The fourth-order valence-electron chi connectivity index (χ4n) is 1.92. The number of phenolic OH excluding ortho intramolecular Hbond substituents is 1. The van der Waals surface area contributed by atoms with Gasteiger partial charge in [0.05, 0.1) is 16.9 Å². The highest BCUT2D eigenvalue weighted by molar-refractivity contribution is 5.77. The van der Waals surface area contributed by atoms with Crippen LogP contribution in [-0.2, 0) is 11.0 Å². The number of nitrogens with one attached hydrogen (secondary N) is 1. The summed E-state index contributed by atoms with van der Waals surface area (Å²) in [4.78, 5) is 10.1. The van der Waals surface area contributed by atoms with E-state index in [1.165, 1.54) is 18.4 Å². The second-order valence-corrected chi connectivity index (χ2v) is 5.13. The first-order chi connectivity index (χ1) is 13.2. The highest BCUT2D eigenvalue weighted by Crippen LogP contribution is 2.34. The summed E-state index contributed by atoms with van der Waals surface area (Å²) in [6, 6.07) is 9.60. The molecule has 2 aromatic carbocycles. The quantitative estimate of drug-likeness (QED) is 0.147. The molecular formula is C17H20F3N5O3. The summed E-state index contributed by atoms with van der Waals surface area (Å²) in [7, 11) is 1.44. The number of hydrogen-bond donors (Lipinski definition) is 4. The van der Waals surface area contributed by atoms with Crippen LogP contribution in [0.3, 0.4) is 0 Å². The summed E-state index contributed by atoms with van der Waals surface area (Å²) in [5.74, 6) is 10.9. The summed E-state index contributed by atoms with van der Waals surface area (Å²) < 4.78 is 41.5. The maximum absolute atomic E-state index is 12.1. The molecule has 0 aliphatic rings. The molecule has 0 amide bonds. The zero-order valence-corrected chi connectivity index (χ0v) is 14.8. The largest absolute Gasteiger partial charge is 0.506 e. The van der Waals surface area contributed by atoms with Gasteiger partial charge in [-0.25, -0.2) is 5.84 Å². The molecule has 28 heavy (non-hydrogen) atoms. The molecule has 0 saturated carbocycles. The Labute approximate surface area is 159 Å². The van der Waals surface area contributed by atoms with Crippen molar-refractivity contribution in [1.29, 1.82) is 0 Å². The van der Waals surface area contributed by atoms with Crippen LogP contribution in [-0.4, -0.2) is 31.4 Å². The van der Waals surface area contributed by atoms with Gasteiger partial charge in [-0.2, -0.15) is 18.3 Å². The lowest BCUT2D eigenvalue weighted by molar-refractivity contribution is -0.137. The van der Waals surface area contributed by atoms with E-state index in [9.17, 15) is 18.0 Å². The van der Waals surface area contributed by atoms with Crippen molar-refractivity contribution in [1.82, 2.24) is 0 Å². The van der Waals surface area contributed by atoms with Crippen LogP contribution in [0.4, 0.5) is 24.5 Å². The van der Waals surface area contributed by atoms with Gasteiger partial charge in [-0.1, -0.05) is 6.07 Å². The number of halogens is 3. The average molecular weight is 399 g/mol. The van der Waals surface area contributed by atoms with Gasteiger partial charge in [0.15, 0.2) is 6.29 Å². The van der Waals surface area contributed by atoms with Crippen molar-refractivity contribution in [2.24, 2.45) is 16.8 Å². The number of phenols is 1. The van der Waals surface area contributed by atoms with Crippen molar-refractivity contribution < 1.29 is 27.8 Å². The third-order valence-corrected chi connectivity index (χ3v) is 3.22. The number of hydrogen-bond acceptors (Lipinski definition) is 7. The molecule has 0 spiro atoms. The Morgan fingerprint density at radius 1 is 1.29 bits per heavy atom. The average Bonchev–Trinajstić information content (AvgIpc) is 2.66. The molecule has 152 valence electrons. The summed E-state index contributed by atoms with van der Waals surface area (Å²) in [5, 5.41) is 16.1. The molecule has 0 aromatic heterocycles. The lowest BCUT2D eigenvalue weighted by atomic mass is 10.2. The third kappa shape index (κ3) is 7.03. The molecule has 0 atom stereocenters. The van der Waals surface area contributed by atoms with Crippen LogP contribution in [0, 0.1) is 0 Å². The summed E-state index contributed by atoms with van der Waals surface area (Å²) in [6.07, 6.45) is -2.44. The number of benzene rings is 2. The third-order valence-electron chi connectivity index (χ3n) is 3.22. The van der Waals surface area contributed by atoms with Gasteiger partial charge >= 0.3 is 6.18 Å². The number of carbonyl (C=O) groups excluding carboxylic acids is 1.